The Labute approximate surface area is 215 Å². The van der Waals surface area contributed by atoms with Crippen molar-refractivity contribution in [1.82, 2.24) is 14.7 Å². The van der Waals surface area contributed by atoms with E-state index in [9.17, 15) is 9.59 Å². The molecule has 0 aliphatic carbocycles. The van der Waals surface area contributed by atoms with Crippen LogP contribution in [0.3, 0.4) is 0 Å². The van der Waals surface area contributed by atoms with Gasteiger partial charge in [0.2, 0.25) is 11.8 Å². The minimum atomic E-state index is -0.372. The Morgan fingerprint density at radius 1 is 1.03 bits per heavy atom. The lowest BCUT2D eigenvalue weighted by Crippen LogP contribution is -2.53. The number of hydrogen-bond donors (Lipinski definition) is 0. The molecule has 3 aliphatic heterocycles. The smallest absolute Gasteiger partial charge is 0.225 e. The van der Waals surface area contributed by atoms with Gasteiger partial charge < -0.3 is 19.4 Å². The summed E-state index contributed by atoms with van der Waals surface area (Å²) >= 11 is 6.17. The first-order chi connectivity index (χ1) is 16.8. The highest BCUT2D eigenvalue weighted by Crippen LogP contribution is 2.37. The number of rotatable bonds is 7. The van der Waals surface area contributed by atoms with Gasteiger partial charge in [0.1, 0.15) is 5.75 Å². The third-order valence-electron chi connectivity index (χ3n) is 8.16. The van der Waals surface area contributed by atoms with Crippen LogP contribution in [0.15, 0.2) is 24.3 Å². The standard InChI is InChI=1S/C28H42ClN3O3/c1-22(2)30-16-10-23(11-17-30)27(34)32-15-7-12-28(20-32,19-26(33)31-13-4-3-5-14-31)21-35-25-9-6-8-24(29)18-25/h6,8-9,18,22-23H,3-5,7,10-17,19-21H2,1-2H3. The summed E-state index contributed by atoms with van der Waals surface area (Å²) < 4.78 is 6.23. The maximum Gasteiger partial charge on any atom is 0.225 e. The van der Waals surface area contributed by atoms with Crippen LogP contribution in [0.5, 0.6) is 5.75 Å². The van der Waals surface area contributed by atoms with Gasteiger partial charge in [0, 0.05) is 55.0 Å². The lowest BCUT2D eigenvalue weighted by atomic mass is 9.76. The van der Waals surface area contributed by atoms with E-state index in [1.54, 1.807) is 0 Å². The molecule has 0 aromatic heterocycles. The van der Waals surface area contributed by atoms with Crippen molar-refractivity contribution in [2.45, 2.75) is 71.3 Å². The first kappa shape index (κ1) is 26.3. The molecular formula is C28H42ClN3O3. The molecule has 0 radical (unpaired) electrons. The summed E-state index contributed by atoms with van der Waals surface area (Å²) in [5, 5.41) is 0.633. The van der Waals surface area contributed by atoms with Crippen molar-refractivity contribution in [3.63, 3.8) is 0 Å². The van der Waals surface area contributed by atoms with E-state index in [1.807, 2.05) is 34.1 Å². The normalized spacial score (nSPS) is 24.6. The second-order valence-corrected chi connectivity index (χ2v) is 11.6. The Hall–Kier alpha value is -1.79. The fourth-order valence-electron chi connectivity index (χ4n) is 6.00. The number of amides is 2. The minimum Gasteiger partial charge on any atom is -0.493 e. The van der Waals surface area contributed by atoms with Crippen LogP contribution in [0.2, 0.25) is 5.02 Å². The third kappa shape index (κ3) is 6.91. The molecule has 3 saturated heterocycles. The summed E-state index contributed by atoms with van der Waals surface area (Å²) in [7, 11) is 0. The van der Waals surface area contributed by atoms with Gasteiger partial charge in [-0.15, -0.1) is 0 Å². The van der Waals surface area contributed by atoms with E-state index in [0.717, 1.165) is 71.2 Å². The predicted octanol–water partition coefficient (Wildman–Crippen LogP) is 4.85. The number of ether oxygens (including phenoxy) is 1. The summed E-state index contributed by atoms with van der Waals surface area (Å²) in [6.45, 7) is 9.90. The molecule has 7 heteroatoms. The average molecular weight is 504 g/mol. The van der Waals surface area contributed by atoms with Crippen molar-refractivity contribution in [1.29, 1.82) is 0 Å². The van der Waals surface area contributed by atoms with Gasteiger partial charge in [-0.1, -0.05) is 17.7 Å². The Bertz CT molecular complexity index is 865. The molecule has 1 aromatic rings. The van der Waals surface area contributed by atoms with Crippen molar-refractivity contribution >= 4 is 23.4 Å². The molecule has 0 spiro atoms. The van der Waals surface area contributed by atoms with E-state index in [2.05, 4.69) is 18.7 Å². The van der Waals surface area contributed by atoms with Crippen LogP contribution in [-0.4, -0.2) is 78.4 Å². The fraction of sp³-hybridized carbons (Fsp3) is 0.714. The molecule has 2 amide bonds. The molecule has 0 saturated carbocycles. The minimum absolute atomic E-state index is 0.0902. The van der Waals surface area contributed by atoms with E-state index < -0.39 is 0 Å². The number of hydrogen-bond acceptors (Lipinski definition) is 4. The zero-order valence-electron chi connectivity index (χ0n) is 21.5. The maximum atomic E-state index is 13.6. The number of benzene rings is 1. The molecule has 194 valence electrons. The van der Waals surface area contributed by atoms with Gasteiger partial charge in [-0.25, -0.2) is 0 Å². The molecule has 1 atom stereocenters. The lowest BCUT2D eigenvalue weighted by Gasteiger charge is -2.45. The second-order valence-electron chi connectivity index (χ2n) is 11.1. The molecule has 3 heterocycles. The van der Waals surface area contributed by atoms with E-state index in [1.165, 1.54) is 6.42 Å². The molecular weight excluding hydrogens is 462 g/mol. The number of carbonyl (C=O) groups is 2. The van der Waals surface area contributed by atoms with Crippen LogP contribution in [0.1, 0.15) is 65.2 Å². The van der Waals surface area contributed by atoms with E-state index in [-0.39, 0.29) is 23.1 Å². The zero-order chi connectivity index (χ0) is 24.8. The van der Waals surface area contributed by atoms with Crippen molar-refractivity contribution in [3.8, 4) is 5.75 Å². The Morgan fingerprint density at radius 3 is 2.43 bits per heavy atom. The fourth-order valence-corrected chi connectivity index (χ4v) is 6.18. The Kier molecular flexibility index (Phi) is 8.98. The molecule has 1 aromatic carbocycles. The largest absolute Gasteiger partial charge is 0.493 e. The average Bonchev–Trinajstić information content (AvgIpc) is 2.88. The highest BCUT2D eigenvalue weighted by atomic mass is 35.5. The Balaban J connectivity index is 1.46. The van der Waals surface area contributed by atoms with Crippen LogP contribution < -0.4 is 4.74 Å². The van der Waals surface area contributed by atoms with Gasteiger partial charge >= 0.3 is 0 Å². The first-order valence-corrected chi connectivity index (χ1v) is 13.9. The zero-order valence-corrected chi connectivity index (χ0v) is 22.3. The monoisotopic (exact) mass is 503 g/mol. The number of nitrogens with zero attached hydrogens (tertiary/aromatic N) is 3. The summed E-state index contributed by atoms with van der Waals surface area (Å²) in [4.78, 5) is 33.5. The summed E-state index contributed by atoms with van der Waals surface area (Å²) in [6.07, 6.45) is 7.44. The molecule has 6 nitrogen and oxygen atoms in total. The van der Waals surface area contributed by atoms with E-state index >= 15 is 0 Å². The number of piperidine rings is 3. The van der Waals surface area contributed by atoms with E-state index in [4.69, 9.17) is 16.3 Å². The molecule has 35 heavy (non-hydrogen) atoms. The van der Waals surface area contributed by atoms with Gasteiger partial charge in [0.05, 0.1) is 6.61 Å². The maximum absolute atomic E-state index is 13.6. The molecule has 0 N–H and O–H groups in total. The van der Waals surface area contributed by atoms with Gasteiger partial charge in [0.25, 0.3) is 0 Å². The third-order valence-corrected chi connectivity index (χ3v) is 8.39. The van der Waals surface area contributed by atoms with Gasteiger partial charge in [-0.2, -0.15) is 0 Å². The lowest BCUT2D eigenvalue weighted by molar-refractivity contribution is -0.145. The first-order valence-electron chi connectivity index (χ1n) is 13.5. The SMILES string of the molecule is CC(C)N1CCC(C(=O)N2CCCC(COc3cccc(Cl)c3)(CC(=O)N3CCCCC3)C2)CC1. The second kappa shape index (κ2) is 12.0. The summed E-state index contributed by atoms with van der Waals surface area (Å²) in [5.41, 5.74) is -0.372. The molecule has 1 unspecified atom stereocenters. The summed E-state index contributed by atoms with van der Waals surface area (Å²) in [5.74, 6) is 1.28. The molecule has 3 fully saturated rings. The van der Waals surface area contributed by atoms with Crippen LogP contribution in [-0.2, 0) is 9.59 Å². The molecule has 4 rings (SSSR count). The number of carbonyl (C=O) groups excluding carboxylic acids is 2. The van der Waals surface area contributed by atoms with Crippen molar-refractivity contribution in [2.75, 3.05) is 45.9 Å². The topological polar surface area (TPSA) is 53.1 Å². The number of halogens is 1. The Morgan fingerprint density at radius 2 is 1.74 bits per heavy atom. The highest BCUT2D eigenvalue weighted by molar-refractivity contribution is 6.30. The van der Waals surface area contributed by atoms with Gasteiger partial charge in [-0.3, -0.25) is 9.59 Å². The quantitative estimate of drug-likeness (QED) is 0.533. The number of likely N-dealkylation sites (tertiary alicyclic amines) is 3. The molecule has 3 aliphatic rings. The van der Waals surface area contributed by atoms with Crippen LogP contribution in [0.25, 0.3) is 0 Å². The van der Waals surface area contributed by atoms with Crippen LogP contribution in [0.4, 0.5) is 0 Å². The van der Waals surface area contributed by atoms with Crippen molar-refractivity contribution < 1.29 is 14.3 Å². The molecule has 0 bridgehead atoms. The van der Waals surface area contributed by atoms with Crippen LogP contribution >= 0.6 is 11.6 Å². The van der Waals surface area contributed by atoms with Gasteiger partial charge in [0.15, 0.2) is 0 Å². The van der Waals surface area contributed by atoms with E-state index in [0.29, 0.717) is 36.4 Å². The van der Waals surface area contributed by atoms with Gasteiger partial charge in [-0.05, 0) is 90.1 Å². The predicted molar refractivity (Wildman–Crippen MR) is 140 cm³/mol. The highest BCUT2D eigenvalue weighted by Gasteiger charge is 2.42. The summed E-state index contributed by atoms with van der Waals surface area (Å²) in [6, 6.07) is 7.95. The van der Waals surface area contributed by atoms with Crippen molar-refractivity contribution in [3.05, 3.63) is 29.3 Å². The van der Waals surface area contributed by atoms with Crippen molar-refractivity contribution in [2.24, 2.45) is 11.3 Å². The van der Waals surface area contributed by atoms with Crippen LogP contribution in [0, 0.1) is 11.3 Å².